The predicted octanol–water partition coefficient (Wildman–Crippen LogP) is 1.88. The van der Waals surface area contributed by atoms with E-state index in [9.17, 15) is 9.59 Å². The number of benzene rings is 1. The number of carboxylic acid groups (broad SMARTS) is 1. The molecular weight excluding hydrogens is 281 g/mol. The van der Waals surface area contributed by atoms with Gasteiger partial charge in [0.05, 0.1) is 16.7 Å². The van der Waals surface area contributed by atoms with Crippen LogP contribution in [-0.2, 0) is 9.53 Å². The molecule has 0 spiro atoms. The van der Waals surface area contributed by atoms with E-state index in [2.05, 4.69) is 0 Å². The van der Waals surface area contributed by atoms with Crippen molar-refractivity contribution in [2.75, 3.05) is 13.3 Å². The highest BCUT2D eigenvalue weighted by atomic mass is 35.5. The molecule has 1 N–H and O–H groups in total. The van der Waals surface area contributed by atoms with Crippen LogP contribution < -0.4 is 0 Å². The molecule has 0 bridgehead atoms. The van der Waals surface area contributed by atoms with E-state index in [0.717, 1.165) is 4.90 Å². The molecule has 1 saturated heterocycles. The molecule has 0 aromatic heterocycles. The van der Waals surface area contributed by atoms with Crippen LogP contribution in [0.3, 0.4) is 0 Å². The second-order valence-corrected chi connectivity index (χ2v) is 4.57. The first-order chi connectivity index (χ1) is 8.50. The second-order valence-electron chi connectivity index (χ2n) is 3.76. The molecule has 0 saturated carbocycles. The molecule has 1 aliphatic heterocycles. The Bertz CT molecular complexity index is 506. The molecule has 0 aliphatic carbocycles. The summed E-state index contributed by atoms with van der Waals surface area (Å²) in [5.74, 6) is -1.54. The SMILES string of the molecule is O=C(O)[C@@H]1COCN1C(=O)c1ccc(Cl)c(Cl)c1. The number of carboxylic acids is 1. The number of amides is 1. The van der Waals surface area contributed by atoms with Crippen LogP contribution in [0.1, 0.15) is 10.4 Å². The first kappa shape index (κ1) is 13.1. The third-order valence-corrected chi connectivity index (χ3v) is 3.33. The van der Waals surface area contributed by atoms with Gasteiger partial charge in [-0.3, -0.25) is 9.69 Å². The summed E-state index contributed by atoms with van der Waals surface area (Å²) in [7, 11) is 0. The summed E-state index contributed by atoms with van der Waals surface area (Å²) < 4.78 is 4.99. The van der Waals surface area contributed by atoms with Gasteiger partial charge in [-0.15, -0.1) is 0 Å². The molecule has 1 aromatic rings. The molecule has 18 heavy (non-hydrogen) atoms. The fourth-order valence-electron chi connectivity index (χ4n) is 1.64. The normalized spacial score (nSPS) is 19.0. The van der Waals surface area contributed by atoms with Crippen LogP contribution in [0.2, 0.25) is 10.0 Å². The van der Waals surface area contributed by atoms with Gasteiger partial charge < -0.3 is 9.84 Å². The van der Waals surface area contributed by atoms with E-state index in [0.29, 0.717) is 5.02 Å². The largest absolute Gasteiger partial charge is 0.480 e. The van der Waals surface area contributed by atoms with Gasteiger partial charge >= 0.3 is 5.97 Å². The van der Waals surface area contributed by atoms with Gasteiger partial charge in [0.2, 0.25) is 0 Å². The molecule has 7 heteroatoms. The van der Waals surface area contributed by atoms with Crippen LogP contribution in [0.15, 0.2) is 18.2 Å². The van der Waals surface area contributed by atoms with Gasteiger partial charge in [-0.25, -0.2) is 4.79 Å². The van der Waals surface area contributed by atoms with Gasteiger partial charge in [-0.05, 0) is 18.2 Å². The minimum Gasteiger partial charge on any atom is -0.480 e. The number of ether oxygens (including phenoxy) is 1. The van der Waals surface area contributed by atoms with E-state index in [1.807, 2.05) is 0 Å². The summed E-state index contributed by atoms with van der Waals surface area (Å²) >= 11 is 11.6. The Kier molecular flexibility index (Phi) is 3.75. The van der Waals surface area contributed by atoms with Crippen LogP contribution >= 0.6 is 23.2 Å². The molecule has 0 radical (unpaired) electrons. The lowest BCUT2D eigenvalue weighted by Crippen LogP contribution is -2.41. The quantitative estimate of drug-likeness (QED) is 0.903. The highest BCUT2D eigenvalue weighted by Crippen LogP contribution is 2.24. The summed E-state index contributed by atoms with van der Waals surface area (Å²) in [6.07, 6.45) is 0. The summed E-state index contributed by atoms with van der Waals surface area (Å²) in [4.78, 5) is 24.2. The highest BCUT2D eigenvalue weighted by molar-refractivity contribution is 6.42. The number of halogens is 2. The molecule has 96 valence electrons. The first-order valence-corrected chi connectivity index (χ1v) is 5.83. The summed E-state index contributed by atoms with van der Waals surface area (Å²) in [6.45, 7) is -0.0571. The minimum atomic E-state index is -1.10. The van der Waals surface area contributed by atoms with Gasteiger partial charge in [-0.2, -0.15) is 0 Å². The van der Waals surface area contributed by atoms with Gasteiger partial charge in [0.15, 0.2) is 6.04 Å². The maximum absolute atomic E-state index is 12.1. The fourth-order valence-corrected chi connectivity index (χ4v) is 1.94. The molecule has 1 heterocycles. The zero-order chi connectivity index (χ0) is 13.3. The van der Waals surface area contributed by atoms with Crippen LogP contribution in [0.4, 0.5) is 0 Å². The lowest BCUT2D eigenvalue weighted by atomic mass is 10.2. The highest BCUT2D eigenvalue weighted by Gasteiger charge is 2.35. The van der Waals surface area contributed by atoms with E-state index in [1.165, 1.54) is 18.2 Å². The molecule has 1 atom stereocenters. The standard InChI is InChI=1S/C11H9Cl2NO4/c12-7-2-1-6(3-8(7)13)10(15)14-5-18-4-9(14)11(16)17/h1-3,9H,4-5H2,(H,16,17)/t9-/m0/s1. The van der Waals surface area contributed by atoms with Crippen molar-refractivity contribution in [2.24, 2.45) is 0 Å². The lowest BCUT2D eigenvalue weighted by molar-refractivity contribution is -0.141. The maximum atomic E-state index is 12.1. The molecule has 1 amide bonds. The van der Waals surface area contributed by atoms with E-state index >= 15 is 0 Å². The van der Waals surface area contributed by atoms with Crippen molar-refractivity contribution in [1.82, 2.24) is 4.90 Å². The summed E-state index contributed by atoms with van der Waals surface area (Å²) in [5, 5.41) is 9.54. The molecule has 5 nitrogen and oxygen atoms in total. The number of rotatable bonds is 2. The van der Waals surface area contributed by atoms with E-state index in [-0.39, 0.29) is 23.9 Å². The average Bonchev–Trinajstić information content (AvgIpc) is 2.81. The Labute approximate surface area is 113 Å². The first-order valence-electron chi connectivity index (χ1n) is 5.07. The van der Waals surface area contributed by atoms with E-state index < -0.39 is 17.9 Å². The molecule has 1 fully saturated rings. The van der Waals surface area contributed by atoms with Crippen molar-refractivity contribution < 1.29 is 19.4 Å². The third kappa shape index (κ3) is 2.43. The van der Waals surface area contributed by atoms with Crippen LogP contribution in [0.5, 0.6) is 0 Å². The monoisotopic (exact) mass is 289 g/mol. The molecular formula is C11H9Cl2NO4. The van der Waals surface area contributed by atoms with Crippen molar-refractivity contribution in [3.05, 3.63) is 33.8 Å². The Morgan fingerprint density at radius 3 is 2.67 bits per heavy atom. The fraction of sp³-hybridized carbons (Fsp3) is 0.273. The Morgan fingerprint density at radius 2 is 2.06 bits per heavy atom. The van der Waals surface area contributed by atoms with Gasteiger partial charge in [0.1, 0.15) is 6.73 Å². The summed E-state index contributed by atoms with van der Waals surface area (Å²) in [5.41, 5.74) is 0.279. The van der Waals surface area contributed by atoms with Gasteiger partial charge in [0, 0.05) is 5.56 Å². The minimum absolute atomic E-state index is 0.0115. The van der Waals surface area contributed by atoms with Crippen molar-refractivity contribution in [3.8, 4) is 0 Å². The number of nitrogens with zero attached hydrogens (tertiary/aromatic N) is 1. The molecule has 1 aliphatic rings. The third-order valence-electron chi connectivity index (χ3n) is 2.59. The number of aliphatic carboxylic acids is 1. The summed E-state index contributed by atoms with van der Waals surface area (Å²) in [6, 6.07) is 3.42. The van der Waals surface area contributed by atoms with Crippen molar-refractivity contribution >= 4 is 35.1 Å². The topological polar surface area (TPSA) is 66.8 Å². The number of hydrogen-bond acceptors (Lipinski definition) is 3. The molecule has 1 aromatic carbocycles. The van der Waals surface area contributed by atoms with Crippen molar-refractivity contribution in [3.63, 3.8) is 0 Å². The van der Waals surface area contributed by atoms with E-state index in [4.69, 9.17) is 33.0 Å². The maximum Gasteiger partial charge on any atom is 0.328 e. The van der Waals surface area contributed by atoms with Crippen LogP contribution in [-0.4, -0.2) is 41.3 Å². The number of hydrogen-bond donors (Lipinski definition) is 1. The Hall–Kier alpha value is -1.30. The lowest BCUT2D eigenvalue weighted by Gasteiger charge is -2.19. The van der Waals surface area contributed by atoms with Gasteiger partial charge in [-0.1, -0.05) is 23.2 Å². The number of carbonyl (C=O) groups is 2. The molecule has 0 unspecified atom stereocenters. The van der Waals surface area contributed by atoms with Gasteiger partial charge in [0.25, 0.3) is 5.91 Å². The smallest absolute Gasteiger partial charge is 0.328 e. The van der Waals surface area contributed by atoms with Crippen molar-refractivity contribution in [1.29, 1.82) is 0 Å². The zero-order valence-electron chi connectivity index (χ0n) is 9.10. The van der Waals surface area contributed by atoms with Crippen LogP contribution in [0, 0.1) is 0 Å². The average molecular weight is 290 g/mol. The molecule has 2 rings (SSSR count). The Morgan fingerprint density at radius 1 is 1.33 bits per heavy atom. The second kappa shape index (κ2) is 5.14. The van der Waals surface area contributed by atoms with E-state index in [1.54, 1.807) is 0 Å². The van der Waals surface area contributed by atoms with Crippen molar-refractivity contribution in [2.45, 2.75) is 6.04 Å². The predicted molar refractivity (Wildman–Crippen MR) is 64.9 cm³/mol. The van der Waals surface area contributed by atoms with Crippen LogP contribution in [0.25, 0.3) is 0 Å². The Balaban J connectivity index is 2.25. The zero-order valence-corrected chi connectivity index (χ0v) is 10.6. The number of carbonyl (C=O) groups excluding carboxylic acids is 1.